The molecule has 0 amide bonds. The monoisotopic (exact) mass is 430 g/mol. The largest absolute Gasteiger partial charge is 0.352 e. The predicted molar refractivity (Wildman–Crippen MR) is 112 cm³/mol. The minimum Gasteiger partial charge on any atom is -0.352 e. The Bertz CT molecular complexity index is 1050. The molecule has 4 rings (SSSR count). The van der Waals surface area contributed by atoms with E-state index in [1.54, 1.807) is 18.3 Å². The van der Waals surface area contributed by atoms with Gasteiger partial charge in [0.1, 0.15) is 5.82 Å². The quantitative estimate of drug-likeness (QED) is 0.665. The SMILES string of the molecule is O=S(=O)(c1ccc(Cl)cc1)N1CCN(c2ccc(Nc3ccccn3)nn2)CC1. The number of piperazine rings is 1. The number of hydrogen-bond donors (Lipinski definition) is 1. The van der Waals surface area contributed by atoms with Gasteiger partial charge in [-0.15, -0.1) is 10.2 Å². The Morgan fingerprint density at radius 1 is 0.862 bits per heavy atom. The molecule has 1 saturated heterocycles. The summed E-state index contributed by atoms with van der Waals surface area (Å²) in [5.74, 6) is 1.99. The third-order valence-corrected chi connectivity index (χ3v) is 6.75. The number of pyridine rings is 1. The Morgan fingerprint density at radius 3 is 2.24 bits per heavy atom. The number of halogens is 1. The standard InChI is InChI=1S/C19H19ClN6O2S/c20-15-4-6-16(7-5-15)29(27,28)26-13-11-25(12-14-26)19-9-8-18(23-24-19)22-17-3-1-2-10-21-17/h1-10H,11-14H2,(H,21,22,23). The van der Waals surface area contributed by atoms with Crippen molar-refractivity contribution in [1.82, 2.24) is 19.5 Å². The number of rotatable bonds is 5. The van der Waals surface area contributed by atoms with Crippen LogP contribution >= 0.6 is 11.6 Å². The van der Waals surface area contributed by atoms with E-state index >= 15 is 0 Å². The Hall–Kier alpha value is -2.75. The molecule has 2 aromatic heterocycles. The molecule has 1 aliphatic heterocycles. The first-order chi connectivity index (χ1) is 14.0. The van der Waals surface area contributed by atoms with E-state index in [1.807, 2.05) is 35.2 Å². The van der Waals surface area contributed by atoms with Gasteiger partial charge in [-0.1, -0.05) is 17.7 Å². The number of anilines is 3. The van der Waals surface area contributed by atoms with E-state index in [2.05, 4.69) is 20.5 Å². The first kappa shape index (κ1) is 19.6. The topological polar surface area (TPSA) is 91.3 Å². The fraction of sp³-hybridized carbons (Fsp3) is 0.211. The van der Waals surface area contributed by atoms with Crippen LogP contribution < -0.4 is 10.2 Å². The predicted octanol–water partition coefficient (Wildman–Crippen LogP) is 2.78. The summed E-state index contributed by atoms with van der Waals surface area (Å²) in [6.07, 6.45) is 1.70. The van der Waals surface area contributed by atoms with E-state index in [4.69, 9.17) is 11.6 Å². The van der Waals surface area contributed by atoms with Crippen LogP contribution in [0, 0.1) is 0 Å². The molecule has 8 nitrogen and oxygen atoms in total. The molecule has 1 fully saturated rings. The van der Waals surface area contributed by atoms with Crippen LogP contribution in [0.15, 0.2) is 65.7 Å². The van der Waals surface area contributed by atoms with Crippen LogP contribution in [-0.4, -0.2) is 54.1 Å². The van der Waals surface area contributed by atoms with Crippen molar-refractivity contribution in [3.05, 3.63) is 65.8 Å². The first-order valence-electron chi connectivity index (χ1n) is 9.05. The van der Waals surface area contributed by atoms with Crippen molar-refractivity contribution in [2.75, 3.05) is 36.4 Å². The molecular formula is C19H19ClN6O2S. The minimum atomic E-state index is -3.53. The summed E-state index contributed by atoms with van der Waals surface area (Å²) in [4.78, 5) is 6.46. The van der Waals surface area contributed by atoms with E-state index in [0.717, 1.165) is 0 Å². The minimum absolute atomic E-state index is 0.250. The van der Waals surface area contributed by atoms with Gasteiger partial charge in [0.15, 0.2) is 11.6 Å². The first-order valence-corrected chi connectivity index (χ1v) is 10.9. The molecule has 0 unspecified atom stereocenters. The molecule has 0 saturated carbocycles. The van der Waals surface area contributed by atoms with Crippen LogP contribution in [0.3, 0.4) is 0 Å². The zero-order chi connectivity index (χ0) is 20.3. The fourth-order valence-electron chi connectivity index (χ4n) is 3.04. The van der Waals surface area contributed by atoms with Crippen LogP contribution in [0.2, 0.25) is 5.02 Å². The summed E-state index contributed by atoms with van der Waals surface area (Å²) in [5.41, 5.74) is 0. The lowest BCUT2D eigenvalue weighted by atomic mass is 10.3. The average molecular weight is 431 g/mol. The van der Waals surface area contributed by atoms with Crippen molar-refractivity contribution in [1.29, 1.82) is 0 Å². The molecule has 1 aromatic carbocycles. The van der Waals surface area contributed by atoms with Gasteiger partial charge < -0.3 is 10.2 Å². The number of hydrogen-bond acceptors (Lipinski definition) is 7. The third kappa shape index (κ3) is 4.47. The van der Waals surface area contributed by atoms with E-state index in [0.29, 0.717) is 48.7 Å². The van der Waals surface area contributed by atoms with Crippen molar-refractivity contribution in [2.45, 2.75) is 4.90 Å². The van der Waals surface area contributed by atoms with E-state index in [1.165, 1.54) is 16.4 Å². The molecule has 29 heavy (non-hydrogen) atoms. The van der Waals surface area contributed by atoms with Crippen molar-refractivity contribution in [3.8, 4) is 0 Å². The summed E-state index contributed by atoms with van der Waals surface area (Å²) in [5, 5.41) is 12.0. The van der Waals surface area contributed by atoms with Gasteiger partial charge in [-0.2, -0.15) is 4.31 Å². The van der Waals surface area contributed by atoms with Crippen molar-refractivity contribution < 1.29 is 8.42 Å². The number of sulfonamides is 1. The van der Waals surface area contributed by atoms with Crippen LogP contribution in [0.1, 0.15) is 0 Å². The maximum Gasteiger partial charge on any atom is 0.243 e. The summed E-state index contributed by atoms with van der Waals surface area (Å²) in [7, 11) is -3.53. The van der Waals surface area contributed by atoms with Crippen LogP contribution in [0.5, 0.6) is 0 Å². The number of aromatic nitrogens is 3. The van der Waals surface area contributed by atoms with Gasteiger partial charge in [0.2, 0.25) is 10.0 Å². The Morgan fingerprint density at radius 2 is 1.62 bits per heavy atom. The van der Waals surface area contributed by atoms with E-state index in [-0.39, 0.29) is 4.90 Å². The van der Waals surface area contributed by atoms with Crippen LogP contribution in [0.4, 0.5) is 17.5 Å². The van der Waals surface area contributed by atoms with Crippen LogP contribution in [0.25, 0.3) is 0 Å². The lowest BCUT2D eigenvalue weighted by molar-refractivity contribution is 0.383. The second kappa shape index (κ2) is 8.32. The maximum absolute atomic E-state index is 12.8. The normalized spacial score (nSPS) is 15.3. The number of nitrogens with one attached hydrogen (secondary N) is 1. The van der Waals surface area contributed by atoms with Gasteiger partial charge in [-0.05, 0) is 48.5 Å². The van der Waals surface area contributed by atoms with Crippen molar-refractivity contribution in [2.24, 2.45) is 0 Å². The second-order valence-corrected chi connectivity index (χ2v) is 8.84. The molecule has 0 bridgehead atoms. The fourth-order valence-corrected chi connectivity index (χ4v) is 4.59. The third-order valence-electron chi connectivity index (χ3n) is 4.59. The van der Waals surface area contributed by atoms with Gasteiger partial charge in [0.25, 0.3) is 0 Å². The van der Waals surface area contributed by atoms with Crippen molar-refractivity contribution in [3.63, 3.8) is 0 Å². The summed E-state index contributed by atoms with van der Waals surface area (Å²) >= 11 is 5.85. The molecule has 0 radical (unpaired) electrons. The Kier molecular flexibility index (Phi) is 5.61. The summed E-state index contributed by atoms with van der Waals surface area (Å²) < 4.78 is 27.0. The Labute approximate surface area is 174 Å². The average Bonchev–Trinajstić information content (AvgIpc) is 2.75. The Balaban J connectivity index is 1.38. The van der Waals surface area contributed by atoms with Gasteiger partial charge in [0, 0.05) is 37.4 Å². The van der Waals surface area contributed by atoms with E-state index < -0.39 is 10.0 Å². The highest BCUT2D eigenvalue weighted by Gasteiger charge is 2.29. The lowest BCUT2D eigenvalue weighted by Gasteiger charge is -2.34. The number of benzene rings is 1. The van der Waals surface area contributed by atoms with Gasteiger partial charge in [-0.25, -0.2) is 13.4 Å². The summed E-state index contributed by atoms with van der Waals surface area (Å²) in [6, 6.07) is 15.5. The molecule has 150 valence electrons. The highest BCUT2D eigenvalue weighted by molar-refractivity contribution is 7.89. The smallest absolute Gasteiger partial charge is 0.243 e. The zero-order valence-corrected chi connectivity index (χ0v) is 17.0. The summed E-state index contributed by atoms with van der Waals surface area (Å²) in [6.45, 7) is 1.82. The molecular weight excluding hydrogens is 412 g/mol. The number of nitrogens with zero attached hydrogens (tertiary/aromatic N) is 5. The van der Waals surface area contributed by atoms with Gasteiger partial charge in [-0.3, -0.25) is 0 Å². The highest BCUT2D eigenvalue weighted by Crippen LogP contribution is 2.22. The molecule has 3 aromatic rings. The maximum atomic E-state index is 12.8. The van der Waals surface area contributed by atoms with Crippen molar-refractivity contribution >= 4 is 39.1 Å². The molecule has 1 N–H and O–H groups in total. The second-order valence-electron chi connectivity index (χ2n) is 6.46. The molecule has 0 atom stereocenters. The van der Waals surface area contributed by atoms with Crippen LogP contribution in [-0.2, 0) is 10.0 Å². The highest BCUT2D eigenvalue weighted by atomic mass is 35.5. The van der Waals surface area contributed by atoms with E-state index in [9.17, 15) is 8.42 Å². The zero-order valence-electron chi connectivity index (χ0n) is 15.4. The van der Waals surface area contributed by atoms with Gasteiger partial charge in [0.05, 0.1) is 4.90 Å². The molecule has 10 heteroatoms. The molecule has 1 aliphatic rings. The lowest BCUT2D eigenvalue weighted by Crippen LogP contribution is -2.48. The molecule has 3 heterocycles. The molecule has 0 aliphatic carbocycles. The van der Waals surface area contributed by atoms with Gasteiger partial charge >= 0.3 is 0 Å². The molecule has 0 spiro atoms.